The Bertz CT molecular complexity index is 1150. The lowest BCUT2D eigenvalue weighted by Gasteiger charge is -2.46. The van der Waals surface area contributed by atoms with Gasteiger partial charge in [0.05, 0.1) is 6.04 Å². The average molecular weight is 467 g/mol. The summed E-state index contributed by atoms with van der Waals surface area (Å²) in [5.41, 5.74) is 4.93. The normalized spacial score (nSPS) is 25.2. The van der Waals surface area contributed by atoms with Gasteiger partial charge in [-0.05, 0) is 78.6 Å². The van der Waals surface area contributed by atoms with Gasteiger partial charge in [-0.2, -0.15) is 0 Å². The molecule has 4 aliphatic heterocycles. The first-order chi connectivity index (χ1) is 17.2. The van der Waals surface area contributed by atoms with Gasteiger partial charge in [0.2, 0.25) is 5.91 Å². The third kappa shape index (κ3) is 4.72. The molecule has 2 atom stereocenters. The highest BCUT2D eigenvalue weighted by atomic mass is 16.5. The van der Waals surface area contributed by atoms with E-state index < -0.39 is 0 Å². The molecular weight excluding hydrogens is 432 g/mol. The average Bonchev–Trinajstić information content (AvgIpc) is 2.93. The molecule has 35 heavy (non-hydrogen) atoms. The minimum Gasteiger partial charge on any atom is -0.489 e. The summed E-state index contributed by atoms with van der Waals surface area (Å²) in [6, 6.07) is 27.2. The summed E-state index contributed by atoms with van der Waals surface area (Å²) in [6.45, 7) is 4.87. The lowest BCUT2D eigenvalue weighted by molar-refractivity contribution is -0.136. The van der Waals surface area contributed by atoms with Gasteiger partial charge in [0.25, 0.3) is 0 Å². The first-order valence-electron chi connectivity index (χ1n) is 13.1. The fraction of sp³-hybridized carbons (Fsp3) is 0.387. The maximum absolute atomic E-state index is 13.7. The van der Waals surface area contributed by atoms with E-state index in [-0.39, 0.29) is 6.04 Å². The van der Waals surface area contributed by atoms with E-state index in [4.69, 9.17) is 4.74 Å². The van der Waals surface area contributed by atoms with E-state index in [9.17, 15) is 4.79 Å². The van der Waals surface area contributed by atoms with Crippen molar-refractivity contribution in [3.8, 4) is 5.75 Å². The SMILES string of the molecule is O=C(C[C@@H]1CN2CCC1CC2)N1CCc2ccccc2[C@@H]1c1ccc(OCc2ccccc2)cc1. The van der Waals surface area contributed by atoms with E-state index in [1.807, 2.05) is 30.3 Å². The van der Waals surface area contributed by atoms with Crippen LogP contribution in [0.2, 0.25) is 0 Å². The van der Waals surface area contributed by atoms with E-state index in [1.165, 1.54) is 37.1 Å². The first-order valence-corrected chi connectivity index (χ1v) is 13.1. The van der Waals surface area contributed by atoms with Crippen molar-refractivity contribution in [2.24, 2.45) is 11.8 Å². The number of fused-ring (bicyclic) bond motifs is 4. The lowest BCUT2D eigenvalue weighted by Crippen LogP contribution is -2.49. The maximum Gasteiger partial charge on any atom is 0.223 e. The highest BCUT2D eigenvalue weighted by Gasteiger charge is 2.38. The number of hydrogen-bond acceptors (Lipinski definition) is 3. The van der Waals surface area contributed by atoms with Crippen LogP contribution in [0.15, 0.2) is 78.9 Å². The van der Waals surface area contributed by atoms with Crippen LogP contribution >= 0.6 is 0 Å². The zero-order chi connectivity index (χ0) is 23.6. The lowest BCUT2D eigenvalue weighted by atomic mass is 9.77. The Kier molecular flexibility index (Phi) is 6.30. The van der Waals surface area contributed by atoms with Crippen LogP contribution in [0.3, 0.4) is 0 Å². The van der Waals surface area contributed by atoms with E-state index in [0.29, 0.717) is 24.9 Å². The van der Waals surface area contributed by atoms with Crippen molar-refractivity contribution in [2.45, 2.75) is 38.3 Å². The van der Waals surface area contributed by atoms with Crippen molar-refractivity contribution < 1.29 is 9.53 Å². The number of nitrogens with zero attached hydrogens (tertiary/aromatic N) is 2. The molecule has 3 saturated heterocycles. The molecule has 3 fully saturated rings. The summed E-state index contributed by atoms with van der Waals surface area (Å²) in [5.74, 6) is 2.40. The van der Waals surface area contributed by atoms with Gasteiger partial charge in [-0.15, -0.1) is 0 Å². The van der Waals surface area contributed by atoms with Gasteiger partial charge >= 0.3 is 0 Å². The van der Waals surface area contributed by atoms with Crippen molar-refractivity contribution in [3.05, 3.63) is 101 Å². The van der Waals surface area contributed by atoms with Gasteiger partial charge in [0.1, 0.15) is 12.4 Å². The number of ether oxygens (including phenoxy) is 1. The molecule has 4 nitrogen and oxygen atoms in total. The molecular formula is C31H34N2O2. The molecule has 0 aromatic heterocycles. The van der Waals surface area contributed by atoms with E-state index in [2.05, 4.69) is 58.3 Å². The van der Waals surface area contributed by atoms with Crippen molar-refractivity contribution in [1.29, 1.82) is 0 Å². The van der Waals surface area contributed by atoms with Crippen LogP contribution in [0.1, 0.15) is 47.6 Å². The molecule has 4 heteroatoms. The third-order valence-corrected chi connectivity index (χ3v) is 8.28. The summed E-state index contributed by atoms with van der Waals surface area (Å²) in [4.78, 5) is 18.4. The van der Waals surface area contributed by atoms with Crippen molar-refractivity contribution in [2.75, 3.05) is 26.2 Å². The Morgan fingerprint density at radius 3 is 2.34 bits per heavy atom. The molecule has 4 aliphatic rings. The van der Waals surface area contributed by atoms with Crippen molar-refractivity contribution in [3.63, 3.8) is 0 Å². The third-order valence-electron chi connectivity index (χ3n) is 8.28. The Labute approximate surface area is 208 Å². The standard InChI is InChI=1S/C31H34N2O2/c34-30(20-27-21-32-17-14-24(27)15-18-32)33-19-16-25-8-4-5-9-29(25)31(33)26-10-12-28(13-11-26)35-22-23-6-2-1-3-7-23/h1-13,24,27,31H,14-22H2/t27-,31+/m1/s1. The van der Waals surface area contributed by atoms with Crippen LogP contribution in [0.5, 0.6) is 5.75 Å². The zero-order valence-electron chi connectivity index (χ0n) is 20.3. The van der Waals surface area contributed by atoms with Crippen LogP contribution in [0, 0.1) is 11.8 Å². The fourth-order valence-corrected chi connectivity index (χ4v) is 6.34. The molecule has 3 aromatic rings. The fourth-order valence-electron chi connectivity index (χ4n) is 6.34. The molecule has 3 aromatic carbocycles. The molecule has 0 aliphatic carbocycles. The minimum absolute atomic E-state index is 0.0308. The second kappa shape index (κ2) is 9.87. The molecule has 0 saturated carbocycles. The van der Waals surface area contributed by atoms with E-state index >= 15 is 0 Å². The van der Waals surface area contributed by atoms with Gasteiger partial charge in [0, 0.05) is 19.5 Å². The molecule has 0 unspecified atom stereocenters. The van der Waals surface area contributed by atoms with Gasteiger partial charge < -0.3 is 14.5 Å². The van der Waals surface area contributed by atoms with Gasteiger partial charge in [-0.1, -0.05) is 66.7 Å². The van der Waals surface area contributed by atoms with Gasteiger partial charge in [-0.25, -0.2) is 0 Å². The second-order valence-electron chi connectivity index (χ2n) is 10.4. The molecule has 7 rings (SSSR count). The first kappa shape index (κ1) is 22.4. The Morgan fingerprint density at radius 1 is 0.857 bits per heavy atom. The summed E-state index contributed by atoms with van der Waals surface area (Å²) >= 11 is 0. The molecule has 0 radical (unpaired) electrons. The number of hydrogen-bond donors (Lipinski definition) is 0. The topological polar surface area (TPSA) is 32.8 Å². The monoisotopic (exact) mass is 466 g/mol. The number of piperidine rings is 3. The molecule has 0 spiro atoms. The van der Waals surface area contributed by atoms with Gasteiger partial charge in [-0.3, -0.25) is 4.79 Å². The summed E-state index contributed by atoms with van der Waals surface area (Å²) in [7, 11) is 0. The largest absolute Gasteiger partial charge is 0.489 e. The smallest absolute Gasteiger partial charge is 0.223 e. The maximum atomic E-state index is 13.7. The summed E-state index contributed by atoms with van der Waals surface area (Å²) < 4.78 is 6.02. The number of amides is 1. The van der Waals surface area contributed by atoms with Crippen LogP contribution in [-0.4, -0.2) is 41.9 Å². The zero-order valence-corrected chi connectivity index (χ0v) is 20.3. The molecule has 2 bridgehead atoms. The Balaban J connectivity index is 1.22. The number of carbonyl (C=O) groups is 1. The number of rotatable bonds is 6. The molecule has 4 heterocycles. The highest BCUT2D eigenvalue weighted by Crippen LogP contribution is 2.39. The molecule has 180 valence electrons. The van der Waals surface area contributed by atoms with Crippen LogP contribution in [0.4, 0.5) is 0 Å². The van der Waals surface area contributed by atoms with Crippen LogP contribution in [-0.2, 0) is 17.8 Å². The predicted octanol–water partition coefficient (Wildman–Crippen LogP) is 5.47. The molecule has 1 amide bonds. The van der Waals surface area contributed by atoms with E-state index in [0.717, 1.165) is 42.3 Å². The Morgan fingerprint density at radius 2 is 1.60 bits per heavy atom. The second-order valence-corrected chi connectivity index (χ2v) is 10.4. The van der Waals surface area contributed by atoms with Crippen molar-refractivity contribution >= 4 is 5.91 Å². The quantitative estimate of drug-likeness (QED) is 0.483. The molecule has 0 N–H and O–H groups in total. The van der Waals surface area contributed by atoms with Crippen molar-refractivity contribution in [1.82, 2.24) is 9.80 Å². The highest BCUT2D eigenvalue weighted by molar-refractivity contribution is 5.78. The summed E-state index contributed by atoms with van der Waals surface area (Å²) in [6.07, 6.45) is 4.12. The summed E-state index contributed by atoms with van der Waals surface area (Å²) in [5, 5.41) is 0. The van der Waals surface area contributed by atoms with Crippen LogP contribution in [0.25, 0.3) is 0 Å². The predicted molar refractivity (Wildman–Crippen MR) is 138 cm³/mol. The van der Waals surface area contributed by atoms with Gasteiger partial charge in [0.15, 0.2) is 0 Å². The number of carbonyl (C=O) groups excluding carboxylic acids is 1. The number of benzene rings is 3. The Hall–Kier alpha value is -3.11. The van der Waals surface area contributed by atoms with E-state index in [1.54, 1.807) is 0 Å². The minimum atomic E-state index is -0.0308. The van der Waals surface area contributed by atoms with Crippen LogP contribution < -0.4 is 4.74 Å².